The standard InChI is InChI=1S/C15H24IN/c1-3-5-7-15(6-4-2)17-12-13-8-10-14(16)11-9-13/h8-11,15,17H,3-7,12H2,1-2H3. The monoisotopic (exact) mass is 345 g/mol. The predicted molar refractivity (Wildman–Crippen MR) is 84.2 cm³/mol. The number of hydrogen-bond donors (Lipinski definition) is 1. The fraction of sp³-hybridized carbons (Fsp3) is 0.600. The zero-order chi connectivity index (χ0) is 12.5. The summed E-state index contributed by atoms with van der Waals surface area (Å²) < 4.78 is 1.31. The Morgan fingerprint density at radius 2 is 1.76 bits per heavy atom. The molecule has 0 bridgehead atoms. The summed E-state index contributed by atoms with van der Waals surface area (Å²) in [6.45, 7) is 5.54. The maximum absolute atomic E-state index is 3.69. The van der Waals surface area contributed by atoms with Crippen molar-refractivity contribution in [2.75, 3.05) is 0 Å². The van der Waals surface area contributed by atoms with Gasteiger partial charge in [-0.05, 0) is 53.1 Å². The second kappa shape index (κ2) is 8.92. The first-order valence-electron chi connectivity index (χ1n) is 6.74. The van der Waals surface area contributed by atoms with Gasteiger partial charge in [0.2, 0.25) is 0 Å². The number of benzene rings is 1. The second-order valence-corrected chi connectivity index (χ2v) is 5.88. The molecule has 1 unspecified atom stereocenters. The molecule has 0 aromatic heterocycles. The van der Waals surface area contributed by atoms with E-state index in [9.17, 15) is 0 Å². The SMILES string of the molecule is CCCCC(CCC)NCc1ccc(I)cc1. The number of unbranched alkanes of at least 4 members (excludes halogenated alkanes) is 1. The maximum Gasteiger partial charge on any atom is 0.0208 e. The molecule has 1 aromatic carbocycles. The normalized spacial score (nSPS) is 12.6. The van der Waals surface area contributed by atoms with Crippen molar-refractivity contribution in [2.45, 2.75) is 58.5 Å². The lowest BCUT2D eigenvalue weighted by Gasteiger charge is -2.17. The molecule has 0 amide bonds. The lowest BCUT2D eigenvalue weighted by Crippen LogP contribution is -2.28. The summed E-state index contributed by atoms with van der Waals surface area (Å²) in [6, 6.07) is 9.49. The van der Waals surface area contributed by atoms with Gasteiger partial charge in [0.25, 0.3) is 0 Å². The van der Waals surface area contributed by atoms with Gasteiger partial charge in [0.15, 0.2) is 0 Å². The molecule has 17 heavy (non-hydrogen) atoms. The third-order valence-electron chi connectivity index (χ3n) is 3.05. The number of nitrogens with one attached hydrogen (secondary N) is 1. The van der Waals surface area contributed by atoms with Crippen LogP contribution in [-0.4, -0.2) is 6.04 Å². The van der Waals surface area contributed by atoms with Gasteiger partial charge in [0.05, 0.1) is 0 Å². The molecule has 0 fully saturated rings. The average molecular weight is 345 g/mol. The minimum absolute atomic E-state index is 0.694. The molecule has 1 rings (SSSR count). The highest BCUT2D eigenvalue weighted by molar-refractivity contribution is 14.1. The Morgan fingerprint density at radius 3 is 2.35 bits per heavy atom. The smallest absolute Gasteiger partial charge is 0.0208 e. The quantitative estimate of drug-likeness (QED) is 0.671. The Bertz CT molecular complexity index is 294. The average Bonchev–Trinajstić information content (AvgIpc) is 2.35. The van der Waals surface area contributed by atoms with Crippen LogP contribution in [0.2, 0.25) is 0 Å². The van der Waals surface area contributed by atoms with Crippen LogP contribution in [0.1, 0.15) is 51.5 Å². The highest BCUT2D eigenvalue weighted by atomic mass is 127. The van der Waals surface area contributed by atoms with Gasteiger partial charge in [0, 0.05) is 16.2 Å². The fourth-order valence-corrected chi connectivity index (χ4v) is 2.37. The van der Waals surface area contributed by atoms with E-state index in [1.54, 1.807) is 0 Å². The fourth-order valence-electron chi connectivity index (χ4n) is 2.01. The van der Waals surface area contributed by atoms with Gasteiger partial charge in [0.1, 0.15) is 0 Å². The summed E-state index contributed by atoms with van der Waals surface area (Å²) in [4.78, 5) is 0. The molecule has 0 aliphatic heterocycles. The van der Waals surface area contributed by atoms with Crippen molar-refractivity contribution in [3.63, 3.8) is 0 Å². The summed E-state index contributed by atoms with van der Waals surface area (Å²) in [7, 11) is 0. The van der Waals surface area contributed by atoms with Crippen LogP contribution in [0.5, 0.6) is 0 Å². The van der Waals surface area contributed by atoms with Crippen LogP contribution in [0.3, 0.4) is 0 Å². The summed E-state index contributed by atoms with van der Waals surface area (Å²) in [6.07, 6.45) is 6.52. The molecule has 0 aliphatic rings. The van der Waals surface area contributed by atoms with E-state index < -0.39 is 0 Å². The Morgan fingerprint density at radius 1 is 1.06 bits per heavy atom. The van der Waals surface area contributed by atoms with Gasteiger partial charge < -0.3 is 5.32 Å². The molecule has 0 aliphatic carbocycles. The number of hydrogen-bond acceptors (Lipinski definition) is 1. The van der Waals surface area contributed by atoms with Crippen molar-refractivity contribution in [1.82, 2.24) is 5.32 Å². The van der Waals surface area contributed by atoms with Crippen LogP contribution in [0.4, 0.5) is 0 Å². The van der Waals surface area contributed by atoms with Crippen molar-refractivity contribution in [3.8, 4) is 0 Å². The van der Waals surface area contributed by atoms with E-state index in [1.807, 2.05) is 0 Å². The molecule has 0 spiro atoms. The largest absolute Gasteiger partial charge is 0.310 e. The van der Waals surface area contributed by atoms with Gasteiger partial charge in [-0.1, -0.05) is 45.2 Å². The topological polar surface area (TPSA) is 12.0 Å². The van der Waals surface area contributed by atoms with Crippen molar-refractivity contribution in [2.24, 2.45) is 0 Å². The van der Waals surface area contributed by atoms with Gasteiger partial charge >= 0.3 is 0 Å². The third-order valence-corrected chi connectivity index (χ3v) is 3.77. The summed E-state index contributed by atoms with van der Waals surface area (Å²) in [5, 5.41) is 3.69. The van der Waals surface area contributed by atoms with Crippen molar-refractivity contribution in [1.29, 1.82) is 0 Å². The van der Waals surface area contributed by atoms with Crippen LogP contribution in [-0.2, 0) is 6.54 Å². The van der Waals surface area contributed by atoms with Gasteiger partial charge in [-0.3, -0.25) is 0 Å². The van der Waals surface area contributed by atoms with Crippen LogP contribution < -0.4 is 5.32 Å². The molecule has 0 saturated heterocycles. The highest BCUT2D eigenvalue weighted by Gasteiger charge is 2.06. The van der Waals surface area contributed by atoms with E-state index >= 15 is 0 Å². The summed E-state index contributed by atoms with van der Waals surface area (Å²) in [5.74, 6) is 0. The highest BCUT2D eigenvalue weighted by Crippen LogP contribution is 2.10. The second-order valence-electron chi connectivity index (χ2n) is 4.64. The minimum Gasteiger partial charge on any atom is -0.310 e. The van der Waals surface area contributed by atoms with E-state index in [4.69, 9.17) is 0 Å². The molecule has 1 aromatic rings. The first kappa shape index (κ1) is 15.0. The van der Waals surface area contributed by atoms with E-state index in [0.29, 0.717) is 6.04 Å². The Labute approximate surface area is 120 Å². The molecule has 0 saturated carbocycles. The van der Waals surface area contributed by atoms with Gasteiger partial charge in [-0.2, -0.15) is 0 Å². The first-order chi connectivity index (χ1) is 8.26. The summed E-state index contributed by atoms with van der Waals surface area (Å²) in [5.41, 5.74) is 1.39. The lowest BCUT2D eigenvalue weighted by molar-refractivity contribution is 0.434. The van der Waals surface area contributed by atoms with Crippen molar-refractivity contribution in [3.05, 3.63) is 33.4 Å². The Hall–Kier alpha value is -0.0900. The van der Waals surface area contributed by atoms with Crippen molar-refractivity contribution >= 4 is 22.6 Å². The molecular formula is C15H24IN. The van der Waals surface area contributed by atoms with Crippen molar-refractivity contribution < 1.29 is 0 Å². The van der Waals surface area contributed by atoms with Crippen LogP contribution >= 0.6 is 22.6 Å². The molecule has 1 atom stereocenters. The minimum atomic E-state index is 0.694. The van der Waals surface area contributed by atoms with E-state index in [1.165, 1.54) is 41.2 Å². The zero-order valence-electron chi connectivity index (χ0n) is 11.0. The van der Waals surface area contributed by atoms with Crippen LogP contribution in [0.15, 0.2) is 24.3 Å². The molecule has 96 valence electrons. The predicted octanol–water partition coefficient (Wildman–Crippen LogP) is 4.74. The molecule has 1 nitrogen and oxygen atoms in total. The maximum atomic E-state index is 3.69. The van der Waals surface area contributed by atoms with Gasteiger partial charge in [-0.25, -0.2) is 0 Å². The first-order valence-corrected chi connectivity index (χ1v) is 7.82. The molecule has 1 N–H and O–H groups in total. The number of halogens is 1. The number of rotatable bonds is 8. The van der Waals surface area contributed by atoms with E-state index in [2.05, 4.69) is 66.0 Å². The molecule has 0 radical (unpaired) electrons. The third kappa shape index (κ3) is 6.41. The molecule has 2 heteroatoms. The van der Waals surface area contributed by atoms with Crippen LogP contribution in [0, 0.1) is 3.57 Å². The van der Waals surface area contributed by atoms with E-state index in [0.717, 1.165) is 6.54 Å². The Kier molecular flexibility index (Phi) is 7.86. The van der Waals surface area contributed by atoms with Crippen LogP contribution in [0.25, 0.3) is 0 Å². The molecule has 0 heterocycles. The summed E-state index contributed by atoms with van der Waals surface area (Å²) >= 11 is 2.35. The van der Waals surface area contributed by atoms with Gasteiger partial charge in [-0.15, -0.1) is 0 Å². The van der Waals surface area contributed by atoms with E-state index in [-0.39, 0.29) is 0 Å². The zero-order valence-corrected chi connectivity index (χ0v) is 13.2. The Balaban J connectivity index is 2.37. The molecular weight excluding hydrogens is 321 g/mol. The lowest BCUT2D eigenvalue weighted by atomic mass is 10.0.